The van der Waals surface area contributed by atoms with Crippen LogP contribution >= 0.6 is 11.6 Å². The average molecular weight is 226 g/mol. The van der Waals surface area contributed by atoms with Gasteiger partial charge in [0.25, 0.3) is 5.69 Å². The van der Waals surface area contributed by atoms with E-state index in [1.165, 1.54) is 18.2 Å². The zero-order valence-corrected chi connectivity index (χ0v) is 8.44. The lowest BCUT2D eigenvalue weighted by Crippen LogP contribution is -2.11. The van der Waals surface area contributed by atoms with Crippen LogP contribution in [0, 0.1) is 21.4 Å². The Hall–Kier alpha value is -1.64. The molecule has 15 heavy (non-hydrogen) atoms. The van der Waals surface area contributed by atoms with E-state index < -0.39 is 11.0 Å². The van der Waals surface area contributed by atoms with Gasteiger partial charge in [-0.1, -0.05) is 11.6 Å². The summed E-state index contributed by atoms with van der Waals surface area (Å²) < 4.78 is 0. The molecule has 1 aromatic rings. The molecule has 0 aromatic heterocycles. The smallest absolute Gasteiger partial charge is 0.274 e. The predicted molar refractivity (Wildman–Crippen MR) is 55.3 cm³/mol. The zero-order valence-electron chi connectivity index (χ0n) is 7.68. The number of rotatable bonds is 3. The van der Waals surface area contributed by atoms with Gasteiger partial charge < -0.3 is 5.73 Å². The Balaban J connectivity index is 3.19. The Kier molecular flexibility index (Phi) is 3.61. The summed E-state index contributed by atoms with van der Waals surface area (Å²) in [4.78, 5) is 10.1. The molecule has 1 rings (SSSR count). The molecule has 0 fully saturated rings. The normalized spacial score (nSPS) is 11.8. The van der Waals surface area contributed by atoms with Gasteiger partial charge in [-0.05, 0) is 12.1 Å². The number of nitrogens with zero attached hydrogens (tertiary/aromatic N) is 2. The molecule has 5 nitrogen and oxygen atoms in total. The molecular formula is C9H8ClN3O2. The fourth-order valence-corrected chi connectivity index (χ4v) is 1.38. The number of nitro benzene ring substituents is 1. The van der Waals surface area contributed by atoms with Crippen LogP contribution in [0.25, 0.3) is 0 Å². The van der Waals surface area contributed by atoms with Gasteiger partial charge in [-0.3, -0.25) is 10.1 Å². The molecule has 0 aliphatic rings. The first-order valence-corrected chi connectivity index (χ1v) is 4.50. The topological polar surface area (TPSA) is 93.0 Å². The van der Waals surface area contributed by atoms with E-state index in [0.29, 0.717) is 5.02 Å². The van der Waals surface area contributed by atoms with Crippen molar-refractivity contribution in [3.05, 3.63) is 38.9 Å². The molecule has 1 aromatic carbocycles. The minimum absolute atomic E-state index is 0.0151. The van der Waals surface area contributed by atoms with Crippen LogP contribution in [-0.2, 0) is 0 Å². The molecule has 0 unspecified atom stereocenters. The van der Waals surface area contributed by atoms with E-state index in [1.807, 2.05) is 6.07 Å². The Bertz CT molecular complexity index is 428. The van der Waals surface area contributed by atoms with Gasteiger partial charge in [0.05, 0.1) is 17.4 Å². The van der Waals surface area contributed by atoms with Gasteiger partial charge in [-0.15, -0.1) is 0 Å². The highest BCUT2D eigenvalue weighted by molar-refractivity contribution is 6.30. The number of benzene rings is 1. The molecule has 2 N–H and O–H groups in total. The van der Waals surface area contributed by atoms with Crippen LogP contribution in [0.1, 0.15) is 18.0 Å². The molecule has 0 heterocycles. The van der Waals surface area contributed by atoms with Gasteiger partial charge >= 0.3 is 0 Å². The lowest BCUT2D eigenvalue weighted by atomic mass is 10.0. The molecule has 0 radical (unpaired) electrons. The van der Waals surface area contributed by atoms with Gasteiger partial charge in [0.1, 0.15) is 0 Å². The summed E-state index contributed by atoms with van der Waals surface area (Å²) in [5, 5.41) is 19.5. The molecule has 1 atom stereocenters. The van der Waals surface area contributed by atoms with Crippen molar-refractivity contribution in [3.8, 4) is 6.07 Å². The Morgan fingerprint density at radius 2 is 2.33 bits per heavy atom. The molecule has 0 saturated heterocycles. The van der Waals surface area contributed by atoms with Crippen molar-refractivity contribution in [2.24, 2.45) is 5.73 Å². The maximum atomic E-state index is 10.7. The molecule has 0 aliphatic carbocycles. The third-order valence-corrected chi connectivity index (χ3v) is 2.13. The Labute approximate surface area is 91.2 Å². The van der Waals surface area contributed by atoms with Crippen LogP contribution in [0.3, 0.4) is 0 Å². The summed E-state index contributed by atoms with van der Waals surface area (Å²) in [5.41, 5.74) is 5.80. The first-order valence-electron chi connectivity index (χ1n) is 4.12. The lowest BCUT2D eigenvalue weighted by Gasteiger charge is -2.08. The number of halogens is 1. The van der Waals surface area contributed by atoms with Crippen LogP contribution in [-0.4, -0.2) is 4.92 Å². The van der Waals surface area contributed by atoms with Crippen molar-refractivity contribution in [2.45, 2.75) is 12.5 Å². The number of hydrogen-bond acceptors (Lipinski definition) is 4. The van der Waals surface area contributed by atoms with E-state index in [0.717, 1.165) is 0 Å². The van der Waals surface area contributed by atoms with Crippen molar-refractivity contribution in [1.82, 2.24) is 0 Å². The van der Waals surface area contributed by atoms with Crippen LogP contribution in [0.5, 0.6) is 0 Å². The maximum Gasteiger partial charge on any atom is 0.274 e. The Morgan fingerprint density at radius 3 is 2.87 bits per heavy atom. The minimum atomic E-state index is -0.686. The lowest BCUT2D eigenvalue weighted by molar-refractivity contribution is -0.385. The summed E-state index contributed by atoms with van der Waals surface area (Å²) in [6.45, 7) is 0. The second-order valence-corrected chi connectivity index (χ2v) is 3.37. The summed E-state index contributed by atoms with van der Waals surface area (Å²) in [6, 6.07) is 5.30. The number of nitriles is 1. The van der Waals surface area contributed by atoms with E-state index in [1.54, 1.807) is 0 Å². The Morgan fingerprint density at radius 1 is 1.67 bits per heavy atom. The molecule has 0 amide bonds. The number of nitrogens with two attached hydrogens (primary N) is 1. The van der Waals surface area contributed by atoms with E-state index in [-0.39, 0.29) is 17.7 Å². The molecule has 0 bridgehead atoms. The largest absolute Gasteiger partial charge is 0.323 e. The highest BCUT2D eigenvalue weighted by Gasteiger charge is 2.19. The van der Waals surface area contributed by atoms with Gasteiger partial charge in [0.2, 0.25) is 0 Å². The van der Waals surface area contributed by atoms with Crippen molar-refractivity contribution in [3.63, 3.8) is 0 Å². The van der Waals surface area contributed by atoms with Crippen molar-refractivity contribution < 1.29 is 4.92 Å². The van der Waals surface area contributed by atoms with Gasteiger partial charge in [0, 0.05) is 22.7 Å². The molecule has 78 valence electrons. The van der Waals surface area contributed by atoms with Crippen LogP contribution in [0.4, 0.5) is 5.69 Å². The number of nitro groups is 1. The van der Waals surface area contributed by atoms with Crippen LogP contribution in [0.15, 0.2) is 18.2 Å². The monoisotopic (exact) mass is 225 g/mol. The average Bonchev–Trinajstić information content (AvgIpc) is 2.17. The summed E-state index contributed by atoms with van der Waals surface area (Å²) in [6.07, 6.45) is 0.0151. The zero-order chi connectivity index (χ0) is 11.4. The third-order valence-electron chi connectivity index (χ3n) is 1.90. The van der Waals surface area contributed by atoms with Crippen molar-refractivity contribution in [2.75, 3.05) is 0 Å². The maximum absolute atomic E-state index is 10.7. The predicted octanol–water partition coefficient (Wildman–Crippen LogP) is 2.16. The molecule has 0 spiro atoms. The van der Waals surface area contributed by atoms with Crippen molar-refractivity contribution >= 4 is 17.3 Å². The quantitative estimate of drug-likeness (QED) is 0.630. The standard InChI is InChI=1S/C9H8ClN3O2/c10-6-1-2-9(13(14)15)7(5-6)8(12)3-4-11/h1-2,5,8H,3,12H2/t8-/m1/s1. The van der Waals surface area contributed by atoms with Crippen LogP contribution in [0.2, 0.25) is 5.02 Å². The fraction of sp³-hybridized carbons (Fsp3) is 0.222. The SMILES string of the molecule is N#CC[C@@H](N)c1cc(Cl)ccc1[N+](=O)[O-]. The van der Waals surface area contributed by atoms with E-state index in [9.17, 15) is 10.1 Å². The summed E-state index contributed by atoms with van der Waals surface area (Å²) in [7, 11) is 0. The van der Waals surface area contributed by atoms with Gasteiger partial charge in [-0.25, -0.2) is 0 Å². The second kappa shape index (κ2) is 4.73. The van der Waals surface area contributed by atoms with E-state index >= 15 is 0 Å². The van der Waals surface area contributed by atoms with Crippen LogP contribution < -0.4 is 5.73 Å². The summed E-state index contributed by atoms with van der Waals surface area (Å²) >= 11 is 5.70. The van der Waals surface area contributed by atoms with Gasteiger partial charge in [-0.2, -0.15) is 5.26 Å². The fourth-order valence-electron chi connectivity index (χ4n) is 1.20. The number of hydrogen-bond donors (Lipinski definition) is 1. The first kappa shape index (κ1) is 11.4. The van der Waals surface area contributed by atoms with E-state index in [4.69, 9.17) is 22.6 Å². The highest BCUT2D eigenvalue weighted by atomic mass is 35.5. The molecular weight excluding hydrogens is 218 g/mol. The van der Waals surface area contributed by atoms with Gasteiger partial charge in [0.15, 0.2) is 0 Å². The molecule has 0 saturated carbocycles. The molecule has 6 heteroatoms. The second-order valence-electron chi connectivity index (χ2n) is 2.93. The third kappa shape index (κ3) is 2.65. The summed E-state index contributed by atoms with van der Waals surface area (Å²) in [5.74, 6) is 0. The van der Waals surface area contributed by atoms with E-state index in [2.05, 4.69) is 0 Å². The van der Waals surface area contributed by atoms with Crippen molar-refractivity contribution in [1.29, 1.82) is 5.26 Å². The highest BCUT2D eigenvalue weighted by Crippen LogP contribution is 2.28. The first-order chi connectivity index (χ1) is 7.06. The molecule has 0 aliphatic heterocycles. The minimum Gasteiger partial charge on any atom is -0.323 e.